The molecule has 196 valence electrons. The molecule has 4 aromatic rings. The molecule has 0 radical (unpaired) electrons. The molecule has 38 heavy (non-hydrogen) atoms. The van der Waals surface area contributed by atoms with Gasteiger partial charge in [-0.3, -0.25) is 0 Å². The van der Waals surface area contributed by atoms with E-state index in [1.54, 1.807) is 20.8 Å². The highest BCUT2D eigenvalue weighted by molar-refractivity contribution is 5.86. The van der Waals surface area contributed by atoms with Crippen LogP contribution < -0.4 is 5.32 Å². The summed E-state index contributed by atoms with van der Waals surface area (Å²) in [7, 11) is 0. The number of benzene rings is 3. The Labute approximate surface area is 223 Å². The second-order valence-corrected chi connectivity index (χ2v) is 10.1. The Morgan fingerprint density at radius 1 is 0.921 bits per heavy atom. The molecule has 4 rings (SSSR count). The van der Waals surface area contributed by atoms with E-state index in [4.69, 9.17) is 9.47 Å². The summed E-state index contributed by atoms with van der Waals surface area (Å²) in [6, 6.07) is 26.7. The second kappa shape index (κ2) is 12.3. The van der Waals surface area contributed by atoms with Crippen molar-refractivity contribution in [2.24, 2.45) is 0 Å². The Hall–Kier alpha value is -4.32. The topological polar surface area (TPSA) is 69.6 Å². The van der Waals surface area contributed by atoms with E-state index in [-0.39, 0.29) is 13.0 Å². The summed E-state index contributed by atoms with van der Waals surface area (Å²) in [6.07, 6.45) is 5.84. The van der Waals surface area contributed by atoms with Gasteiger partial charge >= 0.3 is 12.1 Å². The zero-order chi connectivity index (χ0) is 27.0. The third kappa shape index (κ3) is 7.59. The standard InChI is InChI=1S/C32H34N2O4/c1-32(2,3)38-31(36)33-28(30(35)37-23-25-15-8-5-9-16-25)21-26-22-34(29-19-11-10-18-27(26)29)20-12-17-24-13-6-4-7-14-24/h4-19,22,28H,20-21,23H2,1-3H3,(H,33,36)/b17-12+/t28-/m1/s1. The molecule has 6 nitrogen and oxygen atoms in total. The summed E-state index contributed by atoms with van der Waals surface area (Å²) in [5.41, 5.74) is 3.30. The van der Waals surface area contributed by atoms with E-state index in [0.717, 1.165) is 27.6 Å². The highest BCUT2D eigenvalue weighted by atomic mass is 16.6. The van der Waals surface area contributed by atoms with Crippen LogP contribution in [0, 0.1) is 0 Å². The van der Waals surface area contributed by atoms with Gasteiger partial charge in [0.25, 0.3) is 0 Å². The van der Waals surface area contributed by atoms with E-state index in [0.29, 0.717) is 6.54 Å². The molecule has 6 heteroatoms. The normalized spacial score (nSPS) is 12.4. The number of alkyl carbamates (subject to hydrolysis) is 1. The molecule has 1 aromatic heterocycles. The highest BCUT2D eigenvalue weighted by Crippen LogP contribution is 2.23. The number of carbonyl (C=O) groups excluding carboxylic acids is 2. The van der Waals surface area contributed by atoms with Crippen molar-refractivity contribution in [3.8, 4) is 0 Å². The molecule has 1 heterocycles. The third-order valence-corrected chi connectivity index (χ3v) is 5.91. The zero-order valence-corrected chi connectivity index (χ0v) is 22.1. The van der Waals surface area contributed by atoms with Gasteiger partial charge in [0, 0.05) is 30.1 Å². The Bertz CT molecular complexity index is 1390. The average molecular weight is 511 g/mol. The largest absolute Gasteiger partial charge is 0.459 e. The van der Waals surface area contributed by atoms with E-state index in [2.05, 4.69) is 40.2 Å². The SMILES string of the molecule is CC(C)(C)OC(=O)N[C@H](Cc1cn(C/C=C/c2ccccc2)c2ccccc12)C(=O)OCc1ccccc1. The monoisotopic (exact) mass is 510 g/mol. The lowest BCUT2D eigenvalue weighted by Crippen LogP contribution is -2.45. The van der Waals surface area contributed by atoms with Gasteiger partial charge < -0.3 is 19.4 Å². The summed E-state index contributed by atoms with van der Waals surface area (Å²) < 4.78 is 13.2. The van der Waals surface area contributed by atoms with Gasteiger partial charge in [-0.15, -0.1) is 0 Å². The summed E-state index contributed by atoms with van der Waals surface area (Å²) in [4.78, 5) is 25.8. The molecule has 0 saturated carbocycles. The number of fused-ring (bicyclic) bond motifs is 1. The summed E-state index contributed by atoms with van der Waals surface area (Å²) >= 11 is 0. The number of esters is 1. The van der Waals surface area contributed by atoms with Crippen molar-refractivity contribution in [3.63, 3.8) is 0 Å². The molecule has 0 aliphatic heterocycles. The van der Waals surface area contributed by atoms with Crippen molar-refractivity contribution >= 4 is 29.0 Å². The first-order valence-electron chi connectivity index (χ1n) is 12.8. The number of ether oxygens (including phenoxy) is 2. The van der Waals surface area contributed by atoms with E-state index < -0.39 is 23.7 Å². The average Bonchev–Trinajstić information content (AvgIpc) is 3.24. The van der Waals surface area contributed by atoms with Crippen LogP contribution in [0.2, 0.25) is 0 Å². The Morgan fingerprint density at radius 2 is 1.58 bits per heavy atom. The number of nitrogens with zero attached hydrogens (tertiary/aromatic N) is 1. The number of rotatable bonds is 9. The molecule has 0 aliphatic rings. The lowest BCUT2D eigenvalue weighted by atomic mass is 10.1. The van der Waals surface area contributed by atoms with E-state index in [9.17, 15) is 9.59 Å². The molecular formula is C32H34N2O4. The Morgan fingerprint density at radius 3 is 2.29 bits per heavy atom. The van der Waals surface area contributed by atoms with Gasteiger partial charge in [-0.25, -0.2) is 9.59 Å². The van der Waals surface area contributed by atoms with Crippen LogP contribution in [-0.2, 0) is 33.8 Å². The first kappa shape index (κ1) is 26.7. The molecule has 0 saturated heterocycles. The molecule has 0 spiro atoms. The number of nitrogens with one attached hydrogen (secondary N) is 1. The molecule has 1 N–H and O–H groups in total. The smallest absolute Gasteiger partial charge is 0.408 e. The van der Waals surface area contributed by atoms with Crippen LogP contribution in [0.5, 0.6) is 0 Å². The van der Waals surface area contributed by atoms with E-state index in [1.807, 2.05) is 72.9 Å². The van der Waals surface area contributed by atoms with Crippen molar-refractivity contribution in [1.29, 1.82) is 0 Å². The van der Waals surface area contributed by atoms with E-state index >= 15 is 0 Å². The van der Waals surface area contributed by atoms with Crippen LogP contribution in [0.25, 0.3) is 17.0 Å². The molecule has 0 fully saturated rings. The Kier molecular flexibility index (Phi) is 8.64. The fourth-order valence-corrected chi connectivity index (χ4v) is 4.20. The molecule has 1 amide bonds. The minimum atomic E-state index is -0.910. The minimum Gasteiger partial charge on any atom is -0.459 e. The maximum atomic E-state index is 13.2. The lowest BCUT2D eigenvalue weighted by molar-refractivity contribution is -0.147. The first-order chi connectivity index (χ1) is 18.3. The van der Waals surface area contributed by atoms with Crippen LogP contribution in [0.4, 0.5) is 4.79 Å². The predicted molar refractivity (Wildman–Crippen MR) is 151 cm³/mol. The van der Waals surface area contributed by atoms with Crippen LogP contribution in [0.1, 0.15) is 37.5 Å². The summed E-state index contributed by atoms with van der Waals surface area (Å²) in [5, 5.41) is 3.76. The van der Waals surface area contributed by atoms with Gasteiger partial charge in [-0.1, -0.05) is 91.0 Å². The number of allylic oxidation sites excluding steroid dienone is 1. The number of hydrogen-bond donors (Lipinski definition) is 1. The third-order valence-electron chi connectivity index (χ3n) is 5.91. The quantitative estimate of drug-likeness (QED) is 0.260. The van der Waals surface area contributed by atoms with Crippen molar-refractivity contribution in [2.45, 2.75) is 52.0 Å². The maximum absolute atomic E-state index is 13.2. The molecule has 0 unspecified atom stereocenters. The van der Waals surface area contributed by atoms with Crippen LogP contribution in [0.3, 0.4) is 0 Å². The molecule has 3 aromatic carbocycles. The van der Waals surface area contributed by atoms with Crippen molar-refractivity contribution in [1.82, 2.24) is 9.88 Å². The van der Waals surface area contributed by atoms with Crippen molar-refractivity contribution in [2.75, 3.05) is 0 Å². The van der Waals surface area contributed by atoms with Gasteiger partial charge in [-0.05, 0) is 43.5 Å². The molecule has 1 atom stereocenters. The number of aromatic nitrogens is 1. The van der Waals surface area contributed by atoms with Crippen LogP contribution in [-0.4, -0.2) is 28.3 Å². The highest BCUT2D eigenvalue weighted by Gasteiger charge is 2.27. The summed E-state index contributed by atoms with van der Waals surface area (Å²) in [6.45, 7) is 6.14. The van der Waals surface area contributed by atoms with Crippen molar-refractivity contribution < 1.29 is 19.1 Å². The van der Waals surface area contributed by atoms with Gasteiger partial charge in [0.2, 0.25) is 0 Å². The number of hydrogen-bond acceptors (Lipinski definition) is 4. The van der Waals surface area contributed by atoms with Crippen molar-refractivity contribution in [3.05, 3.63) is 114 Å². The van der Waals surface area contributed by atoms with Gasteiger partial charge in [0.05, 0.1) is 0 Å². The second-order valence-electron chi connectivity index (χ2n) is 10.1. The fraction of sp³-hybridized carbons (Fsp3) is 0.250. The fourth-order valence-electron chi connectivity index (χ4n) is 4.20. The number of para-hydroxylation sites is 1. The van der Waals surface area contributed by atoms with Crippen LogP contribution >= 0.6 is 0 Å². The molecule has 0 aliphatic carbocycles. The number of carbonyl (C=O) groups is 2. The molecular weight excluding hydrogens is 476 g/mol. The Balaban J connectivity index is 1.55. The maximum Gasteiger partial charge on any atom is 0.408 e. The van der Waals surface area contributed by atoms with Gasteiger partial charge in [-0.2, -0.15) is 0 Å². The molecule has 0 bridgehead atoms. The minimum absolute atomic E-state index is 0.123. The summed E-state index contributed by atoms with van der Waals surface area (Å²) in [5.74, 6) is -0.513. The van der Waals surface area contributed by atoms with Gasteiger partial charge in [0.15, 0.2) is 0 Å². The number of amides is 1. The van der Waals surface area contributed by atoms with Gasteiger partial charge in [0.1, 0.15) is 18.2 Å². The van der Waals surface area contributed by atoms with E-state index in [1.165, 1.54) is 0 Å². The van der Waals surface area contributed by atoms with Crippen LogP contribution in [0.15, 0.2) is 97.2 Å². The lowest BCUT2D eigenvalue weighted by Gasteiger charge is -2.23. The first-order valence-corrected chi connectivity index (χ1v) is 12.8. The zero-order valence-electron chi connectivity index (χ0n) is 22.1. The predicted octanol–water partition coefficient (Wildman–Crippen LogP) is 6.53.